The predicted octanol–water partition coefficient (Wildman–Crippen LogP) is 0.666. The van der Waals surface area contributed by atoms with Crippen LogP contribution in [0, 0.1) is 12.1 Å². The molecule has 0 saturated heterocycles. The fourth-order valence-corrected chi connectivity index (χ4v) is 2.01. The molecule has 6 nitrogen and oxygen atoms in total. The zero-order valence-corrected chi connectivity index (χ0v) is 9.76. The van der Waals surface area contributed by atoms with Crippen molar-refractivity contribution in [3.63, 3.8) is 0 Å². The van der Waals surface area contributed by atoms with Crippen molar-refractivity contribution in [2.75, 3.05) is 0 Å². The Balaban J connectivity index is 2.58. The molecule has 0 bridgehead atoms. The van der Waals surface area contributed by atoms with Crippen LogP contribution in [0.15, 0.2) is 41.6 Å². The summed E-state index contributed by atoms with van der Waals surface area (Å²) in [5.74, 6) is 0. The second-order valence-electron chi connectivity index (χ2n) is 3.62. The Bertz CT molecular complexity index is 661. The van der Waals surface area contributed by atoms with Crippen molar-refractivity contribution in [3.05, 3.63) is 47.4 Å². The Kier molecular flexibility index (Phi) is 2.64. The largest absolute Gasteiger partial charge is 0.596 e. The smallest absolute Gasteiger partial charge is 0.294 e. The standard InChI is InChI=1S/C10H10N2O4S/c1-8-6-11(12(13)7-8)9-3-2-4-10(5-9)17(14,15)16/h2-7H,1H3,(H,14,15,16). The maximum atomic E-state index is 11.5. The molecule has 0 saturated carbocycles. The normalized spacial score (nSPS) is 11.6. The topological polar surface area (TPSA) is 86.2 Å². The zero-order chi connectivity index (χ0) is 12.6. The Morgan fingerprint density at radius 3 is 2.65 bits per heavy atom. The number of aromatic nitrogens is 2. The van der Waals surface area contributed by atoms with E-state index in [0.29, 0.717) is 10.5 Å². The molecule has 0 spiro atoms. The van der Waals surface area contributed by atoms with Gasteiger partial charge in [-0.25, -0.2) is 0 Å². The van der Waals surface area contributed by atoms with Crippen LogP contribution in [-0.4, -0.2) is 17.7 Å². The maximum Gasteiger partial charge on any atom is 0.294 e. The van der Waals surface area contributed by atoms with E-state index in [2.05, 4.69) is 0 Å². The lowest BCUT2D eigenvalue weighted by molar-refractivity contribution is -0.683. The molecule has 2 rings (SSSR count). The van der Waals surface area contributed by atoms with E-state index in [9.17, 15) is 13.6 Å². The Morgan fingerprint density at radius 1 is 1.41 bits per heavy atom. The van der Waals surface area contributed by atoms with E-state index in [0.717, 1.165) is 5.56 Å². The van der Waals surface area contributed by atoms with Crippen molar-refractivity contribution in [1.82, 2.24) is 4.68 Å². The summed E-state index contributed by atoms with van der Waals surface area (Å²) in [4.78, 5) is 0.333. The summed E-state index contributed by atoms with van der Waals surface area (Å²) in [6, 6.07) is 5.50. The first-order chi connectivity index (χ1) is 7.88. The number of rotatable bonds is 2. The van der Waals surface area contributed by atoms with Crippen LogP contribution in [0.25, 0.3) is 5.69 Å². The van der Waals surface area contributed by atoms with Gasteiger partial charge in [-0.15, -0.1) is 4.68 Å². The van der Waals surface area contributed by atoms with Gasteiger partial charge in [-0.2, -0.15) is 8.42 Å². The van der Waals surface area contributed by atoms with Crippen molar-refractivity contribution in [1.29, 1.82) is 0 Å². The quantitative estimate of drug-likeness (QED) is 0.484. The summed E-state index contributed by atoms with van der Waals surface area (Å²) < 4.78 is 32.1. The third-order valence-corrected chi connectivity index (χ3v) is 3.08. The highest BCUT2D eigenvalue weighted by atomic mass is 32.2. The molecule has 0 amide bonds. The Morgan fingerprint density at radius 2 is 2.12 bits per heavy atom. The van der Waals surface area contributed by atoms with Gasteiger partial charge >= 0.3 is 0 Å². The highest BCUT2D eigenvalue weighted by Gasteiger charge is 2.13. The molecule has 0 radical (unpaired) electrons. The lowest BCUT2D eigenvalue weighted by Gasteiger charge is -2.04. The third-order valence-electron chi connectivity index (χ3n) is 2.23. The summed E-state index contributed by atoms with van der Waals surface area (Å²) in [5, 5.41) is 11.5. The molecule has 0 aliphatic rings. The van der Waals surface area contributed by atoms with Gasteiger partial charge in [0.1, 0.15) is 5.69 Å². The molecule has 0 atom stereocenters. The third kappa shape index (κ3) is 2.29. The van der Waals surface area contributed by atoms with Gasteiger partial charge in [0, 0.05) is 5.56 Å². The fourth-order valence-electron chi connectivity index (χ4n) is 1.49. The van der Waals surface area contributed by atoms with E-state index < -0.39 is 10.1 Å². The van der Waals surface area contributed by atoms with Crippen LogP contribution in [0.5, 0.6) is 0 Å². The second kappa shape index (κ2) is 3.86. The van der Waals surface area contributed by atoms with Gasteiger partial charge in [0.25, 0.3) is 10.1 Å². The van der Waals surface area contributed by atoms with Gasteiger partial charge in [-0.1, -0.05) is 10.9 Å². The Hall–Kier alpha value is -1.86. The minimum absolute atomic E-state index is 0.249. The predicted molar refractivity (Wildman–Crippen MR) is 59.3 cm³/mol. The van der Waals surface area contributed by atoms with E-state index in [1.807, 2.05) is 0 Å². The molecule has 1 N–H and O–H groups in total. The molecule has 2 aromatic rings. The van der Waals surface area contributed by atoms with Gasteiger partial charge in [-0.3, -0.25) is 4.55 Å². The van der Waals surface area contributed by atoms with Crippen LogP contribution >= 0.6 is 0 Å². The number of aryl methyl sites for hydroxylation is 1. The second-order valence-corrected chi connectivity index (χ2v) is 5.04. The summed E-state index contributed by atoms with van der Waals surface area (Å²) >= 11 is 0. The van der Waals surface area contributed by atoms with Crippen LogP contribution < -0.4 is 4.85 Å². The SMILES string of the molecule is Cc1cn(-c2cccc(S(=O)(=O)O)c2)[n+]([O-])c1. The summed E-state index contributed by atoms with van der Waals surface area (Å²) in [5.41, 5.74) is 1.11. The number of hydrogen-bond donors (Lipinski definition) is 1. The van der Waals surface area contributed by atoms with E-state index in [4.69, 9.17) is 4.55 Å². The summed E-state index contributed by atoms with van der Waals surface area (Å²) in [6.45, 7) is 1.75. The molecule has 0 aliphatic carbocycles. The van der Waals surface area contributed by atoms with E-state index in [1.165, 1.54) is 29.1 Å². The average Bonchev–Trinajstić information content (AvgIpc) is 2.57. The van der Waals surface area contributed by atoms with Crippen molar-refractivity contribution < 1.29 is 17.8 Å². The lowest BCUT2D eigenvalue weighted by Crippen LogP contribution is -2.34. The van der Waals surface area contributed by atoms with Crippen molar-refractivity contribution in [2.45, 2.75) is 11.8 Å². The molecule has 1 aromatic heterocycles. The average molecular weight is 254 g/mol. The van der Waals surface area contributed by atoms with Gasteiger partial charge in [0.2, 0.25) is 6.20 Å². The molecule has 90 valence electrons. The fraction of sp³-hybridized carbons (Fsp3) is 0.100. The van der Waals surface area contributed by atoms with E-state index in [-0.39, 0.29) is 4.90 Å². The molecule has 1 aromatic carbocycles. The molecule has 1 heterocycles. The minimum Gasteiger partial charge on any atom is -0.596 e. The first-order valence-corrected chi connectivity index (χ1v) is 6.18. The molecule has 0 fully saturated rings. The van der Waals surface area contributed by atoms with Crippen LogP contribution in [0.3, 0.4) is 0 Å². The monoisotopic (exact) mass is 254 g/mol. The van der Waals surface area contributed by atoms with Crippen molar-refractivity contribution >= 4 is 10.1 Å². The molecular formula is C10H10N2O4S. The van der Waals surface area contributed by atoms with Crippen LogP contribution in [-0.2, 0) is 10.1 Å². The highest BCUT2D eigenvalue weighted by molar-refractivity contribution is 7.85. The maximum absolute atomic E-state index is 11.5. The zero-order valence-electron chi connectivity index (χ0n) is 8.94. The lowest BCUT2D eigenvalue weighted by atomic mass is 10.3. The summed E-state index contributed by atoms with van der Waals surface area (Å²) in [7, 11) is -4.26. The molecule has 7 heteroatoms. The highest BCUT2D eigenvalue weighted by Crippen LogP contribution is 2.14. The van der Waals surface area contributed by atoms with Gasteiger partial charge in [0.05, 0.1) is 11.1 Å². The Labute approximate surface area is 98.0 Å². The first-order valence-electron chi connectivity index (χ1n) is 4.74. The number of benzene rings is 1. The van der Waals surface area contributed by atoms with Crippen LogP contribution in [0.4, 0.5) is 0 Å². The van der Waals surface area contributed by atoms with Gasteiger partial charge in [0.15, 0.2) is 0 Å². The van der Waals surface area contributed by atoms with Gasteiger partial charge in [-0.05, 0) is 25.1 Å². The van der Waals surface area contributed by atoms with E-state index >= 15 is 0 Å². The van der Waals surface area contributed by atoms with E-state index in [1.54, 1.807) is 19.2 Å². The van der Waals surface area contributed by atoms with Crippen molar-refractivity contribution in [2.24, 2.45) is 0 Å². The van der Waals surface area contributed by atoms with Crippen LogP contribution in [0.1, 0.15) is 5.56 Å². The molecular weight excluding hydrogens is 244 g/mol. The number of hydrogen-bond acceptors (Lipinski definition) is 3. The first kappa shape index (κ1) is 11.6. The minimum atomic E-state index is -4.26. The molecule has 0 unspecified atom stereocenters. The number of nitrogens with zero attached hydrogens (tertiary/aromatic N) is 2. The molecule has 17 heavy (non-hydrogen) atoms. The van der Waals surface area contributed by atoms with Gasteiger partial charge < -0.3 is 5.21 Å². The van der Waals surface area contributed by atoms with Crippen LogP contribution in [0.2, 0.25) is 0 Å². The summed E-state index contributed by atoms with van der Waals surface area (Å²) in [6.07, 6.45) is 2.93. The van der Waals surface area contributed by atoms with Crippen molar-refractivity contribution in [3.8, 4) is 5.69 Å². The molecule has 0 aliphatic heterocycles.